The van der Waals surface area contributed by atoms with Gasteiger partial charge in [0.05, 0.1) is 14.7 Å². The fourth-order valence-electron chi connectivity index (χ4n) is 0.408. The molecule has 0 saturated heterocycles. The second-order valence-corrected chi connectivity index (χ2v) is 6.70. The van der Waals surface area contributed by atoms with Gasteiger partial charge in [0.25, 0.3) is 0 Å². The smallest absolute Gasteiger partial charge is 0.217 e. The van der Waals surface area contributed by atoms with E-state index in [1.807, 2.05) is 0 Å². The van der Waals surface area contributed by atoms with Crippen LogP contribution in [-0.4, -0.2) is 26.0 Å². The average Bonchev–Trinajstić information content (AvgIpc) is 1.79. The summed E-state index contributed by atoms with van der Waals surface area (Å²) in [7, 11) is -0.121. The van der Waals surface area contributed by atoms with Crippen LogP contribution in [0.3, 0.4) is 0 Å². The molecule has 0 aliphatic carbocycles. The van der Waals surface area contributed by atoms with E-state index in [9.17, 15) is 4.79 Å². The lowest BCUT2D eigenvalue weighted by Gasteiger charge is -2.02. The van der Waals surface area contributed by atoms with Crippen LogP contribution in [0.2, 0.25) is 13.1 Å². The summed E-state index contributed by atoms with van der Waals surface area (Å²) >= 11 is 1.80. The molecule has 0 unspecified atom stereocenters. The first kappa shape index (κ1) is 10.0. The summed E-state index contributed by atoms with van der Waals surface area (Å²) in [5, 5.41) is 3.95. The third-order valence-corrected chi connectivity index (χ3v) is 4.29. The van der Waals surface area contributed by atoms with Crippen LogP contribution < -0.4 is 5.32 Å². The summed E-state index contributed by atoms with van der Waals surface area (Å²) in [6, 6.07) is 0. The summed E-state index contributed by atoms with van der Waals surface area (Å²) in [5.41, 5.74) is 0. The third kappa shape index (κ3) is 8.04. The van der Waals surface area contributed by atoms with Crippen LogP contribution in [0, 0.1) is 0 Å². The lowest BCUT2D eigenvalue weighted by atomic mass is 10.7. The van der Waals surface area contributed by atoms with Crippen molar-refractivity contribution in [1.29, 1.82) is 0 Å². The van der Waals surface area contributed by atoms with Gasteiger partial charge in [-0.1, -0.05) is 13.1 Å². The summed E-state index contributed by atoms with van der Waals surface area (Å²) in [5.74, 6) is 0.832. The minimum absolute atomic E-state index is 0.0634. The van der Waals surface area contributed by atoms with E-state index in [1.165, 1.54) is 5.38 Å². The Balaban J connectivity index is 2.98. The maximum atomic E-state index is 10.4. The molecule has 0 rings (SSSR count). The van der Waals surface area contributed by atoms with E-state index in [2.05, 4.69) is 18.4 Å². The molecule has 0 fully saturated rings. The number of carbonyl (C=O) groups is 1. The fourth-order valence-corrected chi connectivity index (χ4v) is 2.75. The Morgan fingerprint density at radius 2 is 2.20 bits per heavy atom. The number of amides is 1. The van der Waals surface area contributed by atoms with Crippen molar-refractivity contribution in [3.63, 3.8) is 0 Å². The van der Waals surface area contributed by atoms with E-state index in [0.29, 0.717) is 0 Å². The Morgan fingerprint density at radius 3 is 2.60 bits per heavy atom. The Labute approximate surface area is 68.4 Å². The predicted octanol–water partition coefficient (Wildman–Crippen LogP) is 1.11. The predicted molar refractivity (Wildman–Crippen MR) is 48.6 cm³/mol. The molecule has 0 spiro atoms. The fraction of sp³-hybridized carbons (Fsp3) is 0.833. The molecular weight excluding hydrogens is 162 g/mol. The molecule has 0 aromatic rings. The minimum atomic E-state index is -0.121. The van der Waals surface area contributed by atoms with Crippen LogP contribution >= 0.6 is 11.8 Å². The molecule has 0 aliphatic heterocycles. The molecule has 1 N–H and O–H groups in total. The van der Waals surface area contributed by atoms with E-state index >= 15 is 0 Å². The number of hydrogen-bond acceptors (Lipinski definition) is 2. The van der Waals surface area contributed by atoms with Gasteiger partial charge in [-0.05, 0) is 5.38 Å². The molecule has 0 heterocycles. The van der Waals surface area contributed by atoms with Crippen molar-refractivity contribution in [2.24, 2.45) is 0 Å². The largest absolute Gasteiger partial charge is 0.347 e. The van der Waals surface area contributed by atoms with Gasteiger partial charge in [-0.3, -0.25) is 4.79 Å². The topological polar surface area (TPSA) is 29.1 Å². The van der Waals surface area contributed by atoms with Gasteiger partial charge < -0.3 is 5.32 Å². The molecule has 10 heavy (non-hydrogen) atoms. The van der Waals surface area contributed by atoms with Crippen molar-refractivity contribution >= 4 is 26.5 Å². The summed E-state index contributed by atoms with van der Waals surface area (Å²) in [6.45, 7) is 6.08. The number of hydrogen-bond donors (Lipinski definition) is 1. The van der Waals surface area contributed by atoms with E-state index in [1.54, 1.807) is 18.7 Å². The molecule has 0 saturated carbocycles. The SMILES string of the molecule is CC(=O)NCSC[Si](C)C. The normalized spacial score (nSPS) is 10.0. The van der Waals surface area contributed by atoms with Gasteiger partial charge in [0.1, 0.15) is 0 Å². The number of nitrogens with one attached hydrogen (secondary N) is 1. The Morgan fingerprint density at radius 1 is 1.60 bits per heavy atom. The summed E-state index contributed by atoms with van der Waals surface area (Å²) < 4.78 is 0. The zero-order valence-corrected chi connectivity index (χ0v) is 8.55. The lowest BCUT2D eigenvalue weighted by molar-refractivity contribution is -0.118. The molecule has 0 aromatic carbocycles. The standard InChI is InChI=1S/C6H14NOSSi/c1-6(8)7-4-9-5-10(2)3/h4-5H2,1-3H3,(H,7,8). The van der Waals surface area contributed by atoms with Crippen LogP contribution in [-0.2, 0) is 4.79 Å². The van der Waals surface area contributed by atoms with Gasteiger partial charge in [0, 0.05) is 6.92 Å². The van der Waals surface area contributed by atoms with Crippen LogP contribution in [0.5, 0.6) is 0 Å². The van der Waals surface area contributed by atoms with Gasteiger partial charge in [0.15, 0.2) is 0 Å². The van der Waals surface area contributed by atoms with Crippen molar-refractivity contribution in [3.8, 4) is 0 Å². The van der Waals surface area contributed by atoms with Gasteiger partial charge in [-0.25, -0.2) is 0 Å². The lowest BCUT2D eigenvalue weighted by Crippen LogP contribution is -2.20. The van der Waals surface area contributed by atoms with E-state index < -0.39 is 0 Å². The van der Waals surface area contributed by atoms with Crippen molar-refractivity contribution in [2.45, 2.75) is 20.0 Å². The monoisotopic (exact) mass is 176 g/mol. The van der Waals surface area contributed by atoms with Gasteiger partial charge >= 0.3 is 0 Å². The second-order valence-electron chi connectivity index (χ2n) is 2.43. The average molecular weight is 176 g/mol. The maximum Gasteiger partial charge on any atom is 0.217 e. The molecule has 0 atom stereocenters. The van der Waals surface area contributed by atoms with E-state index in [-0.39, 0.29) is 14.7 Å². The van der Waals surface area contributed by atoms with Gasteiger partial charge in [-0.2, -0.15) is 0 Å². The maximum absolute atomic E-state index is 10.4. The van der Waals surface area contributed by atoms with E-state index in [0.717, 1.165) is 5.88 Å². The van der Waals surface area contributed by atoms with Crippen LogP contribution in [0.25, 0.3) is 0 Å². The summed E-state index contributed by atoms with van der Waals surface area (Å²) in [6.07, 6.45) is 0. The van der Waals surface area contributed by atoms with Crippen molar-refractivity contribution < 1.29 is 4.79 Å². The molecule has 1 radical (unpaired) electrons. The highest BCUT2D eigenvalue weighted by Gasteiger charge is 1.95. The molecule has 2 nitrogen and oxygen atoms in total. The third-order valence-electron chi connectivity index (χ3n) is 0.814. The first-order valence-corrected chi connectivity index (χ1v) is 7.10. The zero-order valence-electron chi connectivity index (χ0n) is 6.73. The molecule has 0 aromatic heterocycles. The van der Waals surface area contributed by atoms with E-state index in [4.69, 9.17) is 0 Å². The first-order valence-electron chi connectivity index (χ1n) is 3.24. The molecular formula is C6H14NOSSi. The Kier molecular flexibility index (Phi) is 5.82. The van der Waals surface area contributed by atoms with Crippen molar-refractivity contribution in [2.75, 3.05) is 11.3 Å². The molecule has 0 aliphatic rings. The van der Waals surface area contributed by atoms with Gasteiger partial charge in [-0.15, -0.1) is 11.8 Å². The zero-order chi connectivity index (χ0) is 7.98. The first-order chi connectivity index (χ1) is 4.63. The van der Waals surface area contributed by atoms with Crippen molar-refractivity contribution in [3.05, 3.63) is 0 Å². The number of carbonyl (C=O) groups excluding carboxylic acids is 1. The minimum Gasteiger partial charge on any atom is -0.347 e. The highest BCUT2D eigenvalue weighted by molar-refractivity contribution is 8.00. The van der Waals surface area contributed by atoms with Crippen LogP contribution in [0.15, 0.2) is 0 Å². The molecule has 4 heteroatoms. The highest BCUT2D eigenvalue weighted by atomic mass is 32.2. The number of rotatable bonds is 4. The Hall–Kier alpha value is 0.0369. The molecule has 1 amide bonds. The molecule has 59 valence electrons. The summed E-state index contributed by atoms with van der Waals surface area (Å²) in [4.78, 5) is 10.4. The van der Waals surface area contributed by atoms with Gasteiger partial charge in [0.2, 0.25) is 5.91 Å². The second kappa shape index (κ2) is 5.79. The Bertz CT molecular complexity index is 108. The molecule has 0 bridgehead atoms. The number of thioether (sulfide) groups is 1. The van der Waals surface area contributed by atoms with Crippen LogP contribution in [0.1, 0.15) is 6.92 Å². The quantitative estimate of drug-likeness (QED) is 0.395. The van der Waals surface area contributed by atoms with Crippen molar-refractivity contribution in [1.82, 2.24) is 5.32 Å². The van der Waals surface area contributed by atoms with Crippen LogP contribution in [0.4, 0.5) is 0 Å². The highest BCUT2D eigenvalue weighted by Crippen LogP contribution is 1.98.